The number of rotatable bonds is 4. The number of carbonyl (C=O) groups is 2. The average molecular weight is 291 g/mol. The molecule has 1 heterocycles. The molecule has 1 aromatic heterocycles. The Bertz CT molecular complexity index is 669. The van der Waals surface area contributed by atoms with Gasteiger partial charge in [0, 0.05) is 18.8 Å². The van der Waals surface area contributed by atoms with Crippen molar-refractivity contribution in [3.63, 3.8) is 0 Å². The van der Waals surface area contributed by atoms with Crippen LogP contribution in [-0.4, -0.2) is 35.5 Å². The highest BCUT2D eigenvalue weighted by Crippen LogP contribution is 2.09. The lowest BCUT2D eigenvalue weighted by molar-refractivity contribution is -0.116. The number of halogens is 1. The third kappa shape index (κ3) is 3.88. The Hall–Kier alpha value is -2.70. The first-order valence-electron chi connectivity index (χ1n) is 6.20. The van der Waals surface area contributed by atoms with Gasteiger partial charge in [-0.1, -0.05) is 11.2 Å². The van der Waals surface area contributed by atoms with Crippen molar-refractivity contribution in [2.45, 2.75) is 6.92 Å². The number of amides is 2. The van der Waals surface area contributed by atoms with Crippen LogP contribution >= 0.6 is 0 Å². The largest absolute Gasteiger partial charge is 0.361 e. The van der Waals surface area contributed by atoms with Gasteiger partial charge in [-0.2, -0.15) is 0 Å². The fourth-order valence-corrected chi connectivity index (χ4v) is 1.72. The zero-order valence-electron chi connectivity index (χ0n) is 11.6. The lowest BCUT2D eigenvalue weighted by atomic mass is 10.3. The van der Waals surface area contributed by atoms with E-state index in [4.69, 9.17) is 4.52 Å². The summed E-state index contributed by atoms with van der Waals surface area (Å²) in [4.78, 5) is 25.0. The number of carbonyl (C=O) groups excluding carboxylic acids is 2. The quantitative estimate of drug-likeness (QED) is 0.932. The molecule has 1 aromatic carbocycles. The Morgan fingerprint density at radius 2 is 2.14 bits per heavy atom. The van der Waals surface area contributed by atoms with Gasteiger partial charge >= 0.3 is 0 Å². The van der Waals surface area contributed by atoms with Crippen LogP contribution in [0.25, 0.3) is 0 Å². The number of anilines is 1. The second kappa shape index (κ2) is 6.17. The summed E-state index contributed by atoms with van der Waals surface area (Å²) in [5.74, 6) is -0.802. The first kappa shape index (κ1) is 14.7. The minimum atomic E-state index is -0.449. The molecule has 0 atom stereocenters. The Morgan fingerprint density at radius 1 is 1.38 bits per heavy atom. The smallest absolute Gasteiger partial charge is 0.276 e. The molecule has 0 aliphatic heterocycles. The van der Waals surface area contributed by atoms with Crippen LogP contribution in [0.3, 0.4) is 0 Å². The Kier molecular flexibility index (Phi) is 4.32. The summed E-state index contributed by atoms with van der Waals surface area (Å²) < 4.78 is 17.8. The van der Waals surface area contributed by atoms with Crippen molar-refractivity contribution in [1.29, 1.82) is 0 Å². The fraction of sp³-hybridized carbons (Fsp3) is 0.214. The number of benzene rings is 1. The molecule has 2 rings (SSSR count). The van der Waals surface area contributed by atoms with Crippen LogP contribution in [0.2, 0.25) is 0 Å². The zero-order valence-corrected chi connectivity index (χ0v) is 11.6. The molecule has 6 nitrogen and oxygen atoms in total. The molecule has 0 unspecified atom stereocenters. The zero-order chi connectivity index (χ0) is 15.4. The van der Waals surface area contributed by atoms with Gasteiger partial charge in [0.1, 0.15) is 11.6 Å². The molecule has 0 fully saturated rings. The van der Waals surface area contributed by atoms with E-state index in [-0.39, 0.29) is 12.2 Å². The minimum absolute atomic E-state index is 0.133. The monoisotopic (exact) mass is 291 g/mol. The van der Waals surface area contributed by atoms with Gasteiger partial charge in [-0.25, -0.2) is 4.39 Å². The molecule has 21 heavy (non-hydrogen) atoms. The summed E-state index contributed by atoms with van der Waals surface area (Å²) in [6.07, 6.45) is 0. The Balaban J connectivity index is 1.94. The van der Waals surface area contributed by atoms with E-state index in [0.717, 1.165) is 0 Å². The summed E-state index contributed by atoms with van der Waals surface area (Å²) >= 11 is 0. The predicted octanol–water partition coefficient (Wildman–Crippen LogP) is 1.83. The van der Waals surface area contributed by atoms with E-state index in [2.05, 4.69) is 10.5 Å². The summed E-state index contributed by atoms with van der Waals surface area (Å²) in [6, 6.07) is 7.00. The van der Waals surface area contributed by atoms with Gasteiger partial charge in [-0.3, -0.25) is 9.59 Å². The van der Waals surface area contributed by atoms with Crippen molar-refractivity contribution in [1.82, 2.24) is 10.1 Å². The van der Waals surface area contributed by atoms with Crippen LogP contribution in [0.5, 0.6) is 0 Å². The highest BCUT2D eigenvalue weighted by atomic mass is 19.1. The van der Waals surface area contributed by atoms with Gasteiger partial charge in [-0.15, -0.1) is 0 Å². The summed E-state index contributed by atoms with van der Waals surface area (Å²) in [7, 11) is 1.47. The molecule has 0 saturated carbocycles. The predicted molar refractivity (Wildman–Crippen MR) is 73.2 cm³/mol. The summed E-state index contributed by atoms with van der Waals surface area (Å²) in [5.41, 5.74) is 0.465. The maximum absolute atomic E-state index is 13.0. The highest BCUT2D eigenvalue weighted by Gasteiger charge is 2.18. The van der Waals surface area contributed by atoms with Crippen LogP contribution < -0.4 is 5.32 Å². The van der Waals surface area contributed by atoms with E-state index >= 15 is 0 Å². The van der Waals surface area contributed by atoms with Gasteiger partial charge in [0.05, 0.1) is 6.54 Å². The number of hydrogen-bond donors (Lipinski definition) is 1. The molecule has 2 aromatic rings. The van der Waals surface area contributed by atoms with Crippen LogP contribution in [0.4, 0.5) is 10.1 Å². The molecule has 7 heteroatoms. The number of aryl methyl sites for hydroxylation is 1. The highest BCUT2D eigenvalue weighted by molar-refractivity contribution is 5.98. The van der Waals surface area contributed by atoms with Crippen molar-refractivity contribution in [3.8, 4) is 0 Å². The number of likely N-dealkylation sites (N-methyl/N-ethyl adjacent to an activating group) is 1. The SMILES string of the molecule is Cc1cc(C(=O)N(C)CC(=O)Nc2cccc(F)c2)no1. The van der Waals surface area contributed by atoms with E-state index in [9.17, 15) is 14.0 Å². The first-order valence-corrected chi connectivity index (χ1v) is 6.20. The third-order valence-electron chi connectivity index (χ3n) is 2.68. The molecule has 2 amide bonds. The normalized spacial score (nSPS) is 10.2. The third-order valence-corrected chi connectivity index (χ3v) is 2.68. The lowest BCUT2D eigenvalue weighted by Gasteiger charge is -2.15. The summed E-state index contributed by atoms with van der Waals surface area (Å²) in [5, 5.41) is 6.10. The fourth-order valence-electron chi connectivity index (χ4n) is 1.72. The standard InChI is InChI=1S/C14H14FN3O3/c1-9-6-12(17-21-9)14(20)18(2)8-13(19)16-11-5-3-4-10(15)7-11/h3-7H,8H2,1-2H3,(H,16,19). The maximum atomic E-state index is 13.0. The van der Waals surface area contributed by atoms with Crippen molar-refractivity contribution in [3.05, 3.63) is 47.6 Å². The van der Waals surface area contributed by atoms with Gasteiger partial charge in [0.15, 0.2) is 5.69 Å². The number of hydrogen-bond acceptors (Lipinski definition) is 4. The van der Waals surface area contributed by atoms with Crippen LogP contribution in [-0.2, 0) is 4.79 Å². The first-order chi connectivity index (χ1) is 9.95. The number of nitrogens with one attached hydrogen (secondary N) is 1. The molecule has 1 N–H and O–H groups in total. The molecular formula is C14H14FN3O3. The second-order valence-electron chi connectivity index (χ2n) is 4.54. The second-order valence-corrected chi connectivity index (χ2v) is 4.54. The van der Waals surface area contributed by atoms with Crippen LogP contribution in [0, 0.1) is 12.7 Å². The molecule has 0 radical (unpaired) electrons. The molecular weight excluding hydrogens is 277 g/mol. The van der Waals surface area contributed by atoms with E-state index in [1.165, 1.54) is 36.2 Å². The van der Waals surface area contributed by atoms with Gasteiger partial charge in [0.25, 0.3) is 5.91 Å². The van der Waals surface area contributed by atoms with E-state index in [1.54, 1.807) is 13.0 Å². The summed E-state index contributed by atoms with van der Waals surface area (Å²) in [6.45, 7) is 1.49. The maximum Gasteiger partial charge on any atom is 0.276 e. The number of aromatic nitrogens is 1. The molecule has 0 spiro atoms. The van der Waals surface area contributed by atoms with Gasteiger partial charge in [0.2, 0.25) is 5.91 Å². The molecule has 110 valence electrons. The minimum Gasteiger partial charge on any atom is -0.361 e. The van der Waals surface area contributed by atoms with Crippen molar-refractivity contribution in [2.75, 3.05) is 18.9 Å². The molecule has 0 saturated heterocycles. The topological polar surface area (TPSA) is 75.4 Å². The Morgan fingerprint density at radius 3 is 2.76 bits per heavy atom. The Labute approximate surface area is 120 Å². The van der Waals surface area contributed by atoms with Crippen molar-refractivity contribution >= 4 is 17.5 Å². The van der Waals surface area contributed by atoms with Crippen LogP contribution in [0.15, 0.2) is 34.9 Å². The molecule has 0 aliphatic rings. The van der Waals surface area contributed by atoms with E-state index < -0.39 is 17.6 Å². The van der Waals surface area contributed by atoms with Gasteiger partial charge < -0.3 is 14.7 Å². The number of nitrogens with zero attached hydrogens (tertiary/aromatic N) is 2. The van der Waals surface area contributed by atoms with Crippen LogP contribution in [0.1, 0.15) is 16.2 Å². The van der Waals surface area contributed by atoms with E-state index in [1.807, 2.05) is 0 Å². The lowest BCUT2D eigenvalue weighted by Crippen LogP contribution is -2.35. The van der Waals surface area contributed by atoms with E-state index in [0.29, 0.717) is 11.4 Å². The van der Waals surface area contributed by atoms with Gasteiger partial charge in [-0.05, 0) is 25.1 Å². The average Bonchev–Trinajstić information content (AvgIpc) is 2.84. The van der Waals surface area contributed by atoms with Crippen molar-refractivity contribution in [2.24, 2.45) is 0 Å². The molecule has 0 aliphatic carbocycles. The molecule has 0 bridgehead atoms. The van der Waals surface area contributed by atoms with Crippen molar-refractivity contribution < 1.29 is 18.5 Å².